The number of halogens is 1. The quantitative estimate of drug-likeness (QED) is 0.806. The van der Waals surface area contributed by atoms with E-state index in [1.54, 1.807) is 0 Å². The molecule has 4 rings (SSSR count). The fourth-order valence-corrected chi connectivity index (χ4v) is 4.65. The van der Waals surface area contributed by atoms with Gasteiger partial charge < -0.3 is 5.11 Å². The topological polar surface area (TPSA) is 40.5 Å². The summed E-state index contributed by atoms with van der Waals surface area (Å²) in [6.07, 6.45) is 3.89. The Bertz CT molecular complexity index is 840. The van der Waals surface area contributed by atoms with Gasteiger partial charge in [-0.2, -0.15) is 0 Å². The molecule has 28 heavy (non-hydrogen) atoms. The van der Waals surface area contributed by atoms with Crippen LogP contribution < -0.4 is 0 Å². The number of fused-ring (bicyclic) bond motifs is 2. The van der Waals surface area contributed by atoms with Gasteiger partial charge in [-0.3, -0.25) is 9.69 Å². The summed E-state index contributed by atoms with van der Waals surface area (Å²) in [5, 5.41) is 9.40. The Kier molecular flexibility index (Phi) is 6.58. The number of carbonyl (C=O) groups is 1. The summed E-state index contributed by atoms with van der Waals surface area (Å²) in [4.78, 5) is 13.7. The Morgan fingerprint density at radius 1 is 1.04 bits per heavy atom. The van der Waals surface area contributed by atoms with E-state index in [9.17, 15) is 9.90 Å². The van der Waals surface area contributed by atoms with Crippen LogP contribution in [0.3, 0.4) is 0 Å². The van der Waals surface area contributed by atoms with Crippen LogP contribution in [0.5, 0.6) is 0 Å². The van der Waals surface area contributed by atoms with Crippen molar-refractivity contribution < 1.29 is 9.90 Å². The summed E-state index contributed by atoms with van der Waals surface area (Å²) in [5.41, 5.74) is 8.17. The zero-order valence-electron chi connectivity index (χ0n) is 16.4. The van der Waals surface area contributed by atoms with Crippen LogP contribution in [0.2, 0.25) is 0 Å². The molecule has 0 unspecified atom stereocenters. The fourth-order valence-electron chi connectivity index (χ4n) is 4.65. The first-order chi connectivity index (χ1) is 13.1. The Hall–Kier alpha value is -2.10. The number of likely N-dealkylation sites (tertiary alicyclic amines) is 1. The predicted molar refractivity (Wildman–Crippen MR) is 116 cm³/mol. The third-order valence-electron chi connectivity index (χ3n) is 5.98. The first kappa shape index (κ1) is 20.6. The van der Waals surface area contributed by atoms with E-state index < -0.39 is 5.97 Å². The van der Waals surface area contributed by atoms with Gasteiger partial charge in [-0.05, 0) is 67.0 Å². The lowest BCUT2D eigenvalue weighted by Crippen LogP contribution is -2.39. The van der Waals surface area contributed by atoms with Crippen LogP contribution in [0.15, 0.2) is 54.1 Å². The summed E-state index contributed by atoms with van der Waals surface area (Å²) in [5.74, 6) is -0.889. The van der Waals surface area contributed by atoms with Crippen molar-refractivity contribution in [3.8, 4) is 0 Å². The first-order valence-corrected chi connectivity index (χ1v) is 9.95. The highest BCUT2D eigenvalue weighted by Crippen LogP contribution is 2.36. The molecule has 1 fully saturated rings. The monoisotopic (exact) mass is 397 g/mol. The molecule has 1 aliphatic heterocycles. The molecule has 0 saturated carbocycles. The first-order valence-electron chi connectivity index (χ1n) is 9.95. The lowest BCUT2D eigenvalue weighted by Gasteiger charge is -2.31. The number of benzene rings is 2. The lowest BCUT2D eigenvalue weighted by atomic mass is 9.89. The maximum Gasteiger partial charge on any atom is 0.307 e. The third-order valence-corrected chi connectivity index (χ3v) is 5.98. The van der Waals surface area contributed by atoms with Gasteiger partial charge in [-0.25, -0.2) is 0 Å². The third kappa shape index (κ3) is 4.16. The molecule has 148 valence electrons. The molecule has 1 atom stereocenters. The summed E-state index contributed by atoms with van der Waals surface area (Å²) in [6.45, 7) is 4.70. The number of hydrogen-bond acceptors (Lipinski definition) is 2. The van der Waals surface area contributed by atoms with Gasteiger partial charge in [0.2, 0.25) is 0 Å². The Balaban J connectivity index is 0.00000225. The Labute approximate surface area is 173 Å². The lowest BCUT2D eigenvalue weighted by molar-refractivity contribution is -0.143. The molecule has 4 heteroatoms. The van der Waals surface area contributed by atoms with Gasteiger partial charge in [0.05, 0.1) is 5.92 Å². The molecule has 2 aliphatic rings. The van der Waals surface area contributed by atoms with Gasteiger partial charge in [-0.1, -0.05) is 54.1 Å². The highest BCUT2D eigenvalue weighted by molar-refractivity contribution is 5.86. The predicted octanol–water partition coefficient (Wildman–Crippen LogP) is 4.83. The van der Waals surface area contributed by atoms with E-state index in [0.717, 1.165) is 38.8 Å². The number of hydrogen-bond donors (Lipinski definition) is 1. The maximum absolute atomic E-state index is 11.4. The van der Waals surface area contributed by atoms with Gasteiger partial charge in [0.15, 0.2) is 0 Å². The van der Waals surface area contributed by atoms with Crippen molar-refractivity contribution in [1.29, 1.82) is 0 Å². The second-order valence-corrected chi connectivity index (χ2v) is 7.88. The maximum atomic E-state index is 11.4. The zero-order valence-corrected chi connectivity index (χ0v) is 17.2. The molecule has 0 spiro atoms. The summed E-state index contributed by atoms with van der Waals surface area (Å²) >= 11 is 0. The number of carboxylic acid groups (broad SMARTS) is 1. The fraction of sp³-hybridized carbons (Fsp3) is 0.375. The van der Waals surface area contributed by atoms with E-state index in [2.05, 4.69) is 60.4 Å². The number of carboxylic acids is 1. The number of rotatable bonds is 3. The van der Waals surface area contributed by atoms with E-state index in [0.29, 0.717) is 6.54 Å². The van der Waals surface area contributed by atoms with Crippen LogP contribution >= 0.6 is 12.4 Å². The van der Waals surface area contributed by atoms with Gasteiger partial charge in [0.25, 0.3) is 0 Å². The Morgan fingerprint density at radius 2 is 1.61 bits per heavy atom. The summed E-state index contributed by atoms with van der Waals surface area (Å²) < 4.78 is 0. The summed E-state index contributed by atoms with van der Waals surface area (Å²) in [7, 11) is 0. The van der Waals surface area contributed by atoms with E-state index in [1.807, 2.05) is 0 Å². The van der Waals surface area contributed by atoms with Crippen molar-refractivity contribution in [3.63, 3.8) is 0 Å². The van der Waals surface area contributed by atoms with Crippen LogP contribution in [-0.4, -0.2) is 35.6 Å². The van der Waals surface area contributed by atoms with E-state index >= 15 is 0 Å². The average Bonchev–Trinajstić information content (AvgIpc) is 2.85. The molecule has 0 radical (unpaired) electrons. The molecule has 1 N–H and O–H groups in total. The second-order valence-electron chi connectivity index (χ2n) is 7.88. The molecule has 0 bridgehead atoms. The SMILES string of the molecule is CC(CN1CCC[C@@H](C(=O)O)C1)=C1c2ccccc2CCc2ccccc21.Cl. The van der Waals surface area contributed by atoms with Crippen LogP contribution in [-0.2, 0) is 17.6 Å². The van der Waals surface area contributed by atoms with Crippen molar-refractivity contribution in [2.45, 2.75) is 32.6 Å². The minimum absolute atomic E-state index is 0. The van der Waals surface area contributed by atoms with E-state index in [-0.39, 0.29) is 18.3 Å². The van der Waals surface area contributed by atoms with E-state index in [4.69, 9.17) is 0 Å². The standard InChI is InChI=1S/C24H27NO2.ClH/c1-17(15-25-14-6-9-20(16-25)24(26)27)23-21-10-4-2-7-18(21)12-13-19-8-3-5-11-22(19)23;/h2-5,7-8,10-11,20H,6,9,12-16H2,1H3,(H,26,27);1H/t20-;/m1./s1. The van der Waals surface area contributed by atoms with Crippen molar-refractivity contribution >= 4 is 23.9 Å². The van der Waals surface area contributed by atoms with Crippen molar-refractivity contribution in [2.75, 3.05) is 19.6 Å². The molecule has 0 amide bonds. The van der Waals surface area contributed by atoms with Gasteiger partial charge in [0, 0.05) is 13.1 Å². The van der Waals surface area contributed by atoms with Gasteiger partial charge in [0.1, 0.15) is 0 Å². The number of aryl methyl sites for hydroxylation is 2. The largest absolute Gasteiger partial charge is 0.481 e. The van der Waals surface area contributed by atoms with Crippen LogP contribution in [0, 0.1) is 5.92 Å². The molecule has 1 aliphatic carbocycles. The van der Waals surface area contributed by atoms with Gasteiger partial charge >= 0.3 is 5.97 Å². The summed E-state index contributed by atoms with van der Waals surface area (Å²) in [6, 6.07) is 17.5. The smallest absolute Gasteiger partial charge is 0.307 e. The number of piperidine rings is 1. The number of nitrogens with zero attached hydrogens (tertiary/aromatic N) is 1. The highest BCUT2D eigenvalue weighted by Gasteiger charge is 2.26. The van der Waals surface area contributed by atoms with Crippen LogP contribution in [0.4, 0.5) is 0 Å². The minimum atomic E-state index is -0.657. The molecular formula is C24H28ClNO2. The normalized spacial score (nSPS) is 19.0. The highest BCUT2D eigenvalue weighted by atomic mass is 35.5. The molecule has 0 aromatic heterocycles. The van der Waals surface area contributed by atoms with Gasteiger partial charge in [-0.15, -0.1) is 12.4 Å². The number of aliphatic carboxylic acids is 1. The molecule has 2 aromatic carbocycles. The zero-order chi connectivity index (χ0) is 18.8. The molecule has 2 aromatic rings. The van der Waals surface area contributed by atoms with Crippen molar-refractivity contribution in [1.82, 2.24) is 4.90 Å². The van der Waals surface area contributed by atoms with E-state index in [1.165, 1.54) is 33.4 Å². The van der Waals surface area contributed by atoms with Crippen LogP contribution in [0.1, 0.15) is 42.0 Å². The van der Waals surface area contributed by atoms with Crippen LogP contribution in [0.25, 0.3) is 5.57 Å². The molecule has 1 saturated heterocycles. The molecule has 3 nitrogen and oxygen atoms in total. The molecule has 1 heterocycles. The van der Waals surface area contributed by atoms with Crippen molar-refractivity contribution in [3.05, 3.63) is 76.4 Å². The van der Waals surface area contributed by atoms with Crippen molar-refractivity contribution in [2.24, 2.45) is 5.92 Å². The minimum Gasteiger partial charge on any atom is -0.481 e. The second kappa shape index (κ2) is 8.93. The Morgan fingerprint density at radius 3 is 2.18 bits per heavy atom. The molecular weight excluding hydrogens is 370 g/mol. The average molecular weight is 398 g/mol.